The van der Waals surface area contributed by atoms with Gasteiger partial charge < -0.3 is 4.42 Å². The van der Waals surface area contributed by atoms with Gasteiger partial charge in [0.25, 0.3) is 0 Å². The molecule has 4 heteroatoms. The monoisotopic (exact) mass is 270 g/mol. The summed E-state index contributed by atoms with van der Waals surface area (Å²) in [4.78, 5) is 0. The van der Waals surface area contributed by atoms with Crippen LogP contribution in [0.2, 0.25) is 0 Å². The van der Waals surface area contributed by atoms with Gasteiger partial charge in [-0.05, 0) is 47.7 Å². The lowest BCUT2D eigenvalue weighted by Gasteiger charge is -2.21. The molecular formula is C11H15BrN2O. The van der Waals surface area contributed by atoms with E-state index in [9.17, 15) is 0 Å². The lowest BCUT2D eigenvalue weighted by molar-refractivity contribution is 0.516. The van der Waals surface area contributed by atoms with Crippen LogP contribution in [0.5, 0.6) is 0 Å². The van der Waals surface area contributed by atoms with E-state index in [1.165, 1.54) is 18.4 Å². The van der Waals surface area contributed by atoms with Gasteiger partial charge in [0.1, 0.15) is 0 Å². The average Bonchev–Trinajstić information content (AvgIpc) is 2.68. The Labute approximate surface area is 97.8 Å². The van der Waals surface area contributed by atoms with Crippen LogP contribution in [0.25, 0.3) is 0 Å². The van der Waals surface area contributed by atoms with Crippen LogP contribution in [0, 0.1) is 0 Å². The molecule has 1 heterocycles. The minimum absolute atomic E-state index is 0.0819. The van der Waals surface area contributed by atoms with Crippen molar-refractivity contribution >= 4 is 15.9 Å². The average molecular weight is 271 g/mol. The largest absolute Gasteiger partial charge is 0.457 e. The van der Waals surface area contributed by atoms with Gasteiger partial charge in [-0.15, -0.1) is 0 Å². The lowest BCUT2D eigenvalue weighted by atomic mass is 9.91. The van der Waals surface area contributed by atoms with E-state index in [-0.39, 0.29) is 6.04 Å². The smallest absolute Gasteiger partial charge is 0.174 e. The molecule has 1 aromatic heterocycles. The maximum absolute atomic E-state index is 5.61. The third-order valence-corrected chi connectivity index (χ3v) is 3.47. The Morgan fingerprint density at radius 1 is 1.47 bits per heavy atom. The highest BCUT2D eigenvalue weighted by atomic mass is 79.9. The van der Waals surface area contributed by atoms with Crippen molar-refractivity contribution in [1.29, 1.82) is 0 Å². The summed E-state index contributed by atoms with van der Waals surface area (Å²) >= 11 is 3.38. The lowest BCUT2D eigenvalue weighted by Crippen LogP contribution is -2.29. The molecule has 0 saturated carbocycles. The number of nitrogens with two attached hydrogens (primary N) is 1. The topological polar surface area (TPSA) is 51.2 Å². The summed E-state index contributed by atoms with van der Waals surface area (Å²) in [7, 11) is 0. The zero-order valence-electron chi connectivity index (χ0n) is 8.50. The van der Waals surface area contributed by atoms with Gasteiger partial charge in [-0.1, -0.05) is 11.6 Å². The molecule has 3 N–H and O–H groups in total. The highest BCUT2D eigenvalue weighted by Crippen LogP contribution is 2.33. The molecule has 0 aromatic carbocycles. The molecule has 0 bridgehead atoms. The van der Waals surface area contributed by atoms with Gasteiger partial charge in [-0.3, -0.25) is 5.84 Å². The van der Waals surface area contributed by atoms with Crippen LogP contribution in [0.4, 0.5) is 0 Å². The maximum Gasteiger partial charge on any atom is 0.174 e. The number of halogens is 1. The number of furan rings is 1. The van der Waals surface area contributed by atoms with E-state index in [1.807, 2.05) is 6.07 Å². The van der Waals surface area contributed by atoms with Crippen LogP contribution in [0.15, 0.2) is 33.1 Å². The highest BCUT2D eigenvalue weighted by molar-refractivity contribution is 9.10. The van der Waals surface area contributed by atoms with Crippen molar-refractivity contribution < 1.29 is 4.42 Å². The molecule has 15 heavy (non-hydrogen) atoms. The molecule has 1 aromatic rings. The van der Waals surface area contributed by atoms with Gasteiger partial charge in [-0.25, -0.2) is 5.43 Å². The van der Waals surface area contributed by atoms with Crippen molar-refractivity contribution in [3.63, 3.8) is 0 Å². The fraction of sp³-hybridized carbons (Fsp3) is 0.455. The molecule has 1 aliphatic rings. The molecule has 0 amide bonds. The summed E-state index contributed by atoms with van der Waals surface area (Å²) in [6.45, 7) is 0. The third kappa shape index (κ3) is 2.33. The van der Waals surface area contributed by atoms with Crippen LogP contribution in [-0.4, -0.2) is 0 Å². The molecular weight excluding hydrogens is 256 g/mol. The second kappa shape index (κ2) is 4.96. The second-order valence-corrected chi connectivity index (χ2v) is 4.49. The molecule has 1 unspecified atom stereocenters. The van der Waals surface area contributed by atoms with Gasteiger partial charge in [0, 0.05) is 5.56 Å². The summed E-state index contributed by atoms with van der Waals surface area (Å²) < 4.78 is 5.99. The normalized spacial score (nSPS) is 18.7. The van der Waals surface area contributed by atoms with Gasteiger partial charge in [0.15, 0.2) is 4.67 Å². The fourth-order valence-corrected chi connectivity index (χ4v) is 2.50. The molecule has 0 radical (unpaired) electrons. The zero-order valence-corrected chi connectivity index (χ0v) is 10.1. The predicted molar refractivity (Wildman–Crippen MR) is 63.0 cm³/mol. The van der Waals surface area contributed by atoms with Crippen LogP contribution in [0.1, 0.15) is 37.3 Å². The number of hydrogen-bond donors (Lipinski definition) is 2. The van der Waals surface area contributed by atoms with E-state index in [0.717, 1.165) is 23.1 Å². The van der Waals surface area contributed by atoms with Crippen molar-refractivity contribution in [2.24, 2.45) is 5.84 Å². The van der Waals surface area contributed by atoms with Crippen molar-refractivity contribution in [1.82, 2.24) is 5.43 Å². The first kappa shape index (κ1) is 10.9. The van der Waals surface area contributed by atoms with Crippen molar-refractivity contribution in [2.75, 3.05) is 0 Å². The van der Waals surface area contributed by atoms with Crippen LogP contribution >= 0.6 is 15.9 Å². The first-order chi connectivity index (χ1) is 7.33. The van der Waals surface area contributed by atoms with Crippen LogP contribution < -0.4 is 11.3 Å². The molecule has 1 atom stereocenters. The van der Waals surface area contributed by atoms with Crippen molar-refractivity contribution in [2.45, 2.75) is 31.7 Å². The summed E-state index contributed by atoms with van der Waals surface area (Å²) in [5, 5.41) is 0. The Morgan fingerprint density at radius 3 is 2.87 bits per heavy atom. The van der Waals surface area contributed by atoms with Gasteiger partial charge in [-0.2, -0.15) is 0 Å². The SMILES string of the molecule is NNC(C1=CCCCC1)c1ccoc1Br. The molecule has 2 rings (SSSR count). The first-order valence-electron chi connectivity index (χ1n) is 5.21. The van der Waals surface area contributed by atoms with E-state index >= 15 is 0 Å². The molecule has 82 valence electrons. The Bertz CT molecular complexity index is 359. The standard InChI is InChI=1S/C11H15BrN2O/c12-11-9(6-7-15-11)10(14-13)8-4-2-1-3-5-8/h4,6-7,10,14H,1-3,5,13H2. The first-order valence-corrected chi connectivity index (χ1v) is 6.00. The molecule has 0 aliphatic heterocycles. The number of hydrogen-bond acceptors (Lipinski definition) is 3. The molecule has 3 nitrogen and oxygen atoms in total. The van der Waals surface area contributed by atoms with E-state index in [0.29, 0.717) is 0 Å². The van der Waals surface area contributed by atoms with Crippen LogP contribution in [0.3, 0.4) is 0 Å². The molecule has 0 saturated heterocycles. The minimum atomic E-state index is 0.0819. The van der Waals surface area contributed by atoms with Gasteiger partial charge in [0.05, 0.1) is 12.3 Å². The maximum atomic E-state index is 5.61. The number of hydrazine groups is 1. The number of allylic oxidation sites excluding steroid dienone is 1. The van der Waals surface area contributed by atoms with Crippen molar-refractivity contribution in [3.8, 4) is 0 Å². The fourth-order valence-electron chi connectivity index (χ4n) is 2.03. The Morgan fingerprint density at radius 2 is 2.33 bits per heavy atom. The Kier molecular flexibility index (Phi) is 3.61. The van der Waals surface area contributed by atoms with E-state index < -0.39 is 0 Å². The van der Waals surface area contributed by atoms with Crippen LogP contribution in [-0.2, 0) is 0 Å². The van der Waals surface area contributed by atoms with Gasteiger partial charge in [0.2, 0.25) is 0 Å². The summed E-state index contributed by atoms with van der Waals surface area (Å²) in [5.41, 5.74) is 5.30. The summed E-state index contributed by atoms with van der Waals surface area (Å²) in [6, 6.07) is 2.03. The third-order valence-electron chi connectivity index (χ3n) is 2.82. The van der Waals surface area contributed by atoms with Gasteiger partial charge >= 0.3 is 0 Å². The second-order valence-electron chi connectivity index (χ2n) is 3.77. The van der Waals surface area contributed by atoms with E-state index in [2.05, 4.69) is 27.4 Å². The molecule has 0 spiro atoms. The zero-order chi connectivity index (χ0) is 10.7. The van der Waals surface area contributed by atoms with Crippen molar-refractivity contribution in [3.05, 3.63) is 34.2 Å². The Hall–Kier alpha value is -0.580. The van der Waals surface area contributed by atoms with E-state index in [4.69, 9.17) is 10.3 Å². The van der Waals surface area contributed by atoms with E-state index in [1.54, 1.807) is 6.26 Å². The predicted octanol–water partition coefficient (Wildman–Crippen LogP) is 3.05. The minimum Gasteiger partial charge on any atom is -0.457 e. The molecule has 1 aliphatic carbocycles. The Balaban J connectivity index is 2.24. The molecule has 0 fully saturated rings. The summed E-state index contributed by atoms with van der Waals surface area (Å²) in [6.07, 6.45) is 8.77. The number of nitrogens with one attached hydrogen (secondary N) is 1. The number of rotatable bonds is 3. The quantitative estimate of drug-likeness (QED) is 0.504. The summed E-state index contributed by atoms with van der Waals surface area (Å²) in [5.74, 6) is 5.61. The highest BCUT2D eigenvalue weighted by Gasteiger charge is 2.20.